The van der Waals surface area contributed by atoms with Gasteiger partial charge in [0.15, 0.2) is 0 Å². The molecule has 1 N–H and O–H groups in total. The number of nitrogens with one attached hydrogen (secondary N) is 1. The fourth-order valence-electron chi connectivity index (χ4n) is 2.39. The van der Waals surface area contributed by atoms with Gasteiger partial charge in [0.05, 0.1) is 12.2 Å². The molecule has 2 aliphatic heterocycles. The zero-order valence-corrected chi connectivity index (χ0v) is 11.2. The molecule has 0 atom stereocenters. The third-order valence-electron chi connectivity index (χ3n) is 3.25. The summed E-state index contributed by atoms with van der Waals surface area (Å²) >= 11 is 3.52. The van der Waals surface area contributed by atoms with Crippen molar-refractivity contribution in [2.45, 2.75) is 6.42 Å². The predicted molar refractivity (Wildman–Crippen MR) is 70.5 cm³/mol. The van der Waals surface area contributed by atoms with Crippen LogP contribution in [-0.4, -0.2) is 29.8 Å². The van der Waals surface area contributed by atoms with E-state index < -0.39 is 0 Å². The van der Waals surface area contributed by atoms with Gasteiger partial charge in [-0.3, -0.25) is 9.59 Å². The Morgan fingerprint density at radius 1 is 1.28 bits per heavy atom. The van der Waals surface area contributed by atoms with Gasteiger partial charge in [-0.05, 0) is 18.1 Å². The van der Waals surface area contributed by atoms with Crippen LogP contribution >= 0.6 is 15.9 Å². The maximum Gasteiger partial charge on any atom is 0.246 e. The van der Waals surface area contributed by atoms with Crippen LogP contribution in [0, 0.1) is 0 Å². The Labute approximate surface area is 113 Å². The number of nitrogens with zero attached hydrogens (tertiary/aromatic N) is 1. The molecule has 0 aromatic heterocycles. The van der Waals surface area contributed by atoms with Gasteiger partial charge in [-0.15, -0.1) is 0 Å². The van der Waals surface area contributed by atoms with Crippen LogP contribution in [0.3, 0.4) is 0 Å². The fourth-order valence-corrected chi connectivity index (χ4v) is 2.95. The summed E-state index contributed by atoms with van der Waals surface area (Å²) < 4.78 is 1.03. The van der Waals surface area contributed by atoms with E-state index in [2.05, 4.69) is 21.2 Å². The first kappa shape index (κ1) is 11.5. The first-order valence-corrected chi connectivity index (χ1v) is 6.54. The molecule has 0 bridgehead atoms. The Morgan fingerprint density at radius 2 is 2.11 bits per heavy atom. The summed E-state index contributed by atoms with van der Waals surface area (Å²) in [5.74, 6) is -0.272. The highest BCUT2D eigenvalue weighted by Crippen LogP contribution is 2.33. The molecular weight excluding hydrogens is 296 g/mol. The highest BCUT2D eigenvalue weighted by Gasteiger charge is 2.29. The number of fused-ring (bicyclic) bond motifs is 3. The SMILES string of the molecule is O=C1C=C2c3cccc(Br)c3CCN2C(=O)CN1. The smallest absolute Gasteiger partial charge is 0.246 e. The number of hydrogen-bond donors (Lipinski definition) is 1. The van der Waals surface area contributed by atoms with Gasteiger partial charge < -0.3 is 10.2 Å². The van der Waals surface area contributed by atoms with Gasteiger partial charge in [-0.2, -0.15) is 0 Å². The Balaban J connectivity index is 2.18. The van der Waals surface area contributed by atoms with E-state index in [4.69, 9.17) is 0 Å². The molecule has 1 aromatic carbocycles. The van der Waals surface area contributed by atoms with E-state index in [1.165, 1.54) is 6.08 Å². The second-order valence-corrected chi connectivity index (χ2v) is 5.16. The van der Waals surface area contributed by atoms with Crippen LogP contribution in [0.2, 0.25) is 0 Å². The van der Waals surface area contributed by atoms with Crippen LogP contribution in [0.4, 0.5) is 0 Å². The highest BCUT2D eigenvalue weighted by atomic mass is 79.9. The molecule has 0 radical (unpaired) electrons. The summed E-state index contributed by atoms with van der Waals surface area (Å²) in [4.78, 5) is 25.2. The third-order valence-corrected chi connectivity index (χ3v) is 4.00. The van der Waals surface area contributed by atoms with Crippen molar-refractivity contribution in [3.05, 3.63) is 39.9 Å². The Hall–Kier alpha value is -1.62. The molecule has 0 unspecified atom stereocenters. The molecule has 0 spiro atoms. The number of halogens is 1. The molecule has 0 saturated carbocycles. The standard InChI is InChI=1S/C13H11BrN2O2/c14-10-3-1-2-9-8(10)4-5-16-11(9)6-12(17)15-7-13(16)18/h1-3,6H,4-5,7H2,(H,15,17). The van der Waals surface area contributed by atoms with Gasteiger partial charge in [0.1, 0.15) is 0 Å². The summed E-state index contributed by atoms with van der Waals surface area (Å²) in [6, 6.07) is 5.85. The van der Waals surface area contributed by atoms with Crippen LogP contribution in [0.5, 0.6) is 0 Å². The van der Waals surface area contributed by atoms with Gasteiger partial charge >= 0.3 is 0 Å². The van der Waals surface area contributed by atoms with Crippen LogP contribution < -0.4 is 5.32 Å². The quantitative estimate of drug-likeness (QED) is 0.785. The number of carbonyl (C=O) groups excluding carboxylic acids is 2. The lowest BCUT2D eigenvalue weighted by molar-refractivity contribution is -0.128. The Kier molecular flexibility index (Phi) is 2.70. The zero-order valence-electron chi connectivity index (χ0n) is 9.57. The molecule has 1 aromatic rings. The molecule has 0 aliphatic carbocycles. The number of benzene rings is 1. The third kappa shape index (κ3) is 1.75. The van der Waals surface area contributed by atoms with E-state index in [1.807, 2.05) is 18.2 Å². The molecular formula is C13H11BrN2O2. The lowest BCUT2D eigenvalue weighted by atomic mass is 9.96. The normalized spacial score (nSPS) is 18.5. The van der Waals surface area contributed by atoms with Crippen molar-refractivity contribution in [2.24, 2.45) is 0 Å². The van der Waals surface area contributed by atoms with Crippen LogP contribution in [-0.2, 0) is 16.0 Å². The van der Waals surface area contributed by atoms with Gasteiger partial charge in [-0.25, -0.2) is 0 Å². The average molecular weight is 307 g/mol. The van der Waals surface area contributed by atoms with Gasteiger partial charge in [0.25, 0.3) is 0 Å². The molecule has 92 valence electrons. The van der Waals surface area contributed by atoms with Crippen LogP contribution in [0.1, 0.15) is 11.1 Å². The minimum atomic E-state index is -0.214. The highest BCUT2D eigenvalue weighted by molar-refractivity contribution is 9.10. The van der Waals surface area contributed by atoms with E-state index in [0.717, 1.165) is 22.0 Å². The number of hydrogen-bond acceptors (Lipinski definition) is 2. The van der Waals surface area contributed by atoms with E-state index in [-0.39, 0.29) is 18.4 Å². The molecule has 2 heterocycles. The lowest BCUT2D eigenvalue weighted by Crippen LogP contribution is -2.38. The second kappa shape index (κ2) is 4.24. The van der Waals surface area contributed by atoms with Crippen molar-refractivity contribution in [3.63, 3.8) is 0 Å². The molecule has 0 saturated heterocycles. The zero-order chi connectivity index (χ0) is 12.7. The van der Waals surface area contributed by atoms with Gasteiger partial charge in [-0.1, -0.05) is 28.1 Å². The molecule has 5 heteroatoms. The number of carbonyl (C=O) groups is 2. The lowest BCUT2D eigenvalue weighted by Gasteiger charge is -2.30. The summed E-state index contributed by atoms with van der Waals surface area (Å²) in [7, 11) is 0. The maximum atomic E-state index is 11.9. The fraction of sp³-hybridized carbons (Fsp3) is 0.231. The van der Waals surface area contributed by atoms with Crippen molar-refractivity contribution in [1.82, 2.24) is 10.2 Å². The summed E-state index contributed by atoms with van der Waals surface area (Å²) in [5, 5.41) is 2.58. The van der Waals surface area contributed by atoms with Crippen molar-refractivity contribution in [2.75, 3.05) is 13.1 Å². The largest absolute Gasteiger partial charge is 0.343 e. The first-order chi connectivity index (χ1) is 8.66. The summed E-state index contributed by atoms with van der Waals surface area (Å²) in [5.41, 5.74) is 2.82. The molecule has 3 rings (SSSR count). The molecule has 2 amide bonds. The van der Waals surface area contributed by atoms with Gasteiger partial charge in [0, 0.05) is 22.7 Å². The molecule has 4 nitrogen and oxygen atoms in total. The van der Waals surface area contributed by atoms with E-state index in [1.54, 1.807) is 4.90 Å². The minimum Gasteiger partial charge on any atom is -0.343 e. The van der Waals surface area contributed by atoms with Crippen LogP contribution in [0.15, 0.2) is 28.7 Å². The summed E-state index contributed by atoms with van der Waals surface area (Å²) in [6.07, 6.45) is 2.31. The van der Waals surface area contributed by atoms with E-state index >= 15 is 0 Å². The van der Waals surface area contributed by atoms with E-state index in [9.17, 15) is 9.59 Å². The maximum absolute atomic E-state index is 11.9. The topological polar surface area (TPSA) is 49.4 Å². The predicted octanol–water partition coefficient (Wildman–Crippen LogP) is 1.30. The van der Waals surface area contributed by atoms with Crippen molar-refractivity contribution < 1.29 is 9.59 Å². The second-order valence-electron chi connectivity index (χ2n) is 4.31. The minimum absolute atomic E-state index is 0.0577. The van der Waals surface area contributed by atoms with Crippen molar-refractivity contribution >= 4 is 33.4 Å². The molecule has 0 fully saturated rings. The van der Waals surface area contributed by atoms with Crippen molar-refractivity contribution in [3.8, 4) is 0 Å². The average Bonchev–Trinajstić information content (AvgIpc) is 2.50. The Morgan fingerprint density at radius 3 is 2.94 bits per heavy atom. The van der Waals surface area contributed by atoms with E-state index in [0.29, 0.717) is 12.2 Å². The van der Waals surface area contributed by atoms with Crippen LogP contribution in [0.25, 0.3) is 5.70 Å². The number of rotatable bonds is 0. The Bertz CT molecular complexity index is 580. The number of amides is 2. The first-order valence-electron chi connectivity index (χ1n) is 5.74. The molecule has 18 heavy (non-hydrogen) atoms. The monoisotopic (exact) mass is 306 g/mol. The van der Waals surface area contributed by atoms with Crippen molar-refractivity contribution in [1.29, 1.82) is 0 Å². The summed E-state index contributed by atoms with van der Waals surface area (Å²) in [6.45, 7) is 0.692. The molecule has 2 aliphatic rings. The van der Waals surface area contributed by atoms with Gasteiger partial charge in [0.2, 0.25) is 11.8 Å².